The van der Waals surface area contributed by atoms with Gasteiger partial charge in [0.1, 0.15) is 12.0 Å². The molecular formula is C18H29NO6S. The Bertz CT molecular complexity index is 591. The van der Waals surface area contributed by atoms with Crippen molar-refractivity contribution in [2.45, 2.75) is 65.7 Å². The molecule has 1 aromatic rings. The Morgan fingerprint density at radius 2 is 1.92 bits per heavy atom. The summed E-state index contributed by atoms with van der Waals surface area (Å²) in [5.74, 6) is -2.07. The Kier molecular flexibility index (Phi) is 10.8. The summed E-state index contributed by atoms with van der Waals surface area (Å²) in [5.41, 5.74) is 0.236. The van der Waals surface area contributed by atoms with Crippen molar-refractivity contribution in [3.05, 3.63) is 21.9 Å². The van der Waals surface area contributed by atoms with Crippen molar-refractivity contribution in [1.82, 2.24) is 5.32 Å². The number of carboxylic acids is 1. The number of aliphatic carboxylic acids is 1. The summed E-state index contributed by atoms with van der Waals surface area (Å²) in [6.45, 7) is 9.89. The van der Waals surface area contributed by atoms with Gasteiger partial charge in [-0.25, -0.2) is 4.79 Å². The van der Waals surface area contributed by atoms with Crippen LogP contribution in [0.25, 0.3) is 0 Å². The lowest BCUT2D eigenvalue weighted by Crippen LogP contribution is -2.24. The highest BCUT2D eigenvalue weighted by Gasteiger charge is 2.20. The summed E-state index contributed by atoms with van der Waals surface area (Å²) >= 11 is 1.57. The van der Waals surface area contributed by atoms with Crippen molar-refractivity contribution >= 4 is 29.2 Å². The number of thiophene rings is 1. The van der Waals surface area contributed by atoms with Gasteiger partial charge >= 0.3 is 17.9 Å². The van der Waals surface area contributed by atoms with E-state index in [0.29, 0.717) is 18.5 Å². The second-order valence-electron chi connectivity index (χ2n) is 6.57. The van der Waals surface area contributed by atoms with Crippen molar-refractivity contribution in [3.8, 4) is 0 Å². The van der Waals surface area contributed by atoms with Crippen LogP contribution in [0, 0.1) is 0 Å². The number of carboxylic acid groups (broad SMARTS) is 1. The zero-order valence-electron chi connectivity index (χ0n) is 16.3. The molecule has 0 fully saturated rings. The maximum atomic E-state index is 11.8. The van der Waals surface area contributed by atoms with E-state index < -0.39 is 24.0 Å². The smallest absolute Gasteiger partial charge is 0.339 e. The minimum Gasteiger partial charge on any atom is -0.481 e. The number of hydrogen-bond donors (Lipinski definition) is 2. The van der Waals surface area contributed by atoms with Crippen molar-refractivity contribution in [2.75, 3.05) is 7.05 Å². The highest BCUT2D eigenvalue weighted by atomic mass is 32.1. The lowest BCUT2D eigenvalue weighted by Gasteiger charge is -2.19. The number of carbonyl (C=O) groups is 3. The van der Waals surface area contributed by atoms with E-state index in [0.717, 1.165) is 4.88 Å². The zero-order chi connectivity index (χ0) is 20.3. The van der Waals surface area contributed by atoms with Gasteiger partial charge in [0, 0.05) is 11.4 Å². The molecule has 0 saturated carbocycles. The molecule has 1 aromatic heterocycles. The van der Waals surface area contributed by atoms with Gasteiger partial charge in [-0.1, -0.05) is 6.92 Å². The fraction of sp³-hybridized carbons (Fsp3) is 0.611. The lowest BCUT2D eigenvalue weighted by molar-refractivity contribution is -0.154. The molecule has 8 heteroatoms. The molecule has 1 atom stereocenters. The maximum Gasteiger partial charge on any atom is 0.339 e. The van der Waals surface area contributed by atoms with E-state index in [9.17, 15) is 14.4 Å². The van der Waals surface area contributed by atoms with Gasteiger partial charge in [-0.3, -0.25) is 9.59 Å². The molecule has 0 aliphatic heterocycles. The number of ether oxygens (including phenoxy) is 2. The van der Waals surface area contributed by atoms with Crippen LogP contribution >= 0.6 is 11.3 Å². The fourth-order valence-corrected chi connectivity index (χ4v) is 2.50. The Hall–Kier alpha value is -1.93. The minimum absolute atomic E-state index is 0.193. The van der Waals surface area contributed by atoms with Gasteiger partial charge in [0.2, 0.25) is 0 Å². The predicted molar refractivity (Wildman–Crippen MR) is 100 cm³/mol. The maximum absolute atomic E-state index is 11.8. The minimum atomic E-state index is -1.15. The highest BCUT2D eigenvalue weighted by Crippen LogP contribution is 2.20. The van der Waals surface area contributed by atoms with E-state index in [-0.39, 0.29) is 12.1 Å². The molecule has 1 heterocycles. The summed E-state index contributed by atoms with van der Waals surface area (Å²) in [6, 6.07) is 1.81. The van der Waals surface area contributed by atoms with Gasteiger partial charge in [0.25, 0.3) is 0 Å². The monoisotopic (exact) mass is 387 g/mol. The van der Waals surface area contributed by atoms with Crippen LogP contribution in [-0.4, -0.2) is 41.8 Å². The van der Waals surface area contributed by atoms with Gasteiger partial charge in [-0.15, -0.1) is 11.3 Å². The first-order valence-electron chi connectivity index (χ1n) is 8.35. The van der Waals surface area contributed by atoms with Crippen molar-refractivity contribution in [3.63, 3.8) is 0 Å². The number of nitrogens with one attached hydrogen (secondary N) is 1. The summed E-state index contributed by atoms with van der Waals surface area (Å²) in [4.78, 5) is 33.4. The quantitative estimate of drug-likeness (QED) is 0.547. The van der Waals surface area contributed by atoms with Crippen LogP contribution < -0.4 is 5.32 Å². The van der Waals surface area contributed by atoms with Gasteiger partial charge < -0.3 is 19.9 Å². The van der Waals surface area contributed by atoms with Gasteiger partial charge in [0.15, 0.2) is 0 Å². The molecule has 2 N–H and O–H groups in total. The average Bonchev–Trinajstić information content (AvgIpc) is 2.94. The first-order chi connectivity index (χ1) is 12.0. The Morgan fingerprint density at radius 1 is 1.31 bits per heavy atom. The number of hydrogen-bond acceptors (Lipinski definition) is 7. The summed E-state index contributed by atoms with van der Waals surface area (Å²) in [5, 5.41) is 13.1. The van der Waals surface area contributed by atoms with Crippen LogP contribution in [0.3, 0.4) is 0 Å². The molecule has 1 unspecified atom stereocenters. The van der Waals surface area contributed by atoms with Crippen LogP contribution in [0.5, 0.6) is 0 Å². The Labute approximate surface area is 158 Å². The van der Waals surface area contributed by atoms with Crippen LogP contribution in [0.1, 0.15) is 62.7 Å². The van der Waals surface area contributed by atoms with Crippen LogP contribution in [-0.2, 0) is 25.6 Å². The molecule has 26 heavy (non-hydrogen) atoms. The second-order valence-corrected chi connectivity index (χ2v) is 7.57. The average molecular weight is 387 g/mol. The molecule has 148 valence electrons. The van der Waals surface area contributed by atoms with Gasteiger partial charge in [-0.2, -0.15) is 0 Å². The largest absolute Gasteiger partial charge is 0.481 e. The Balaban J connectivity index is 0.000000508. The van der Waals surface area contributed by atoms with E-state index in [1.54, 1.807) is 18.3 Å². The van der Waals surface area contributed by atoms with E-state index in [1.165, 1.54) is 0 Å². The van der Waals surface area contributed by atoms with E-state index >= 15 is 0 Å². The molecule has 0 spiro atoms. The van der Waals surface area contributed by atoms with E-state index in [4.69, 9.17) is 14.6 Å². The lowest BCUT2D eigenvalue weighted by atomic mass is 10.2. The van der Waals surface area contributed by atoms with Crippen molar-refractivity contribution in [2.24, 2.45) is 0 Å². The van der Waals surface area contributed by atoms with Crippen LogP contribution in [0.4, 0.5) is 0 Å². The molecule has 1 rings (SSSR count). The first kappa shape index (κ1) is 24.1. The predicted octanol–water partition coefficient (Wildman–Crippen LogP) is 3.23. The first-order valence-corrected chi connectivity index (χ1v) is 9.23. The van der Waals surface area contributed by atoms with Gasteiger partial charge in [-0.05, 0) is 52.6 Å². The number of carbonyl (C=O) groups excluding carboxylic acids is 2. The third kappa shape index (κ3) is 10.8. The zero-order valence-corrected chi connectivity index (χ0v) is 17.1. The van der Waals surface area contributed by atoms with Crippen LogP contribution in [0.15, 0.2) is 11.4 Å². The topological polar surface area (TPSA) is 102 Å². The van der Waals surface area contributed by atoms with Crippen molar-refractivity contribution in [1.29, 1.82) is 0 Å². The molecular weight excluding hydrogens is 358 g/mol. The second kappa shape index (κ2) is 11.6. The molecule has 7 nitrogen and oxygen atoms in total. The van der Waals surface area contributed by atoms with Crippen LogP contribution in [0.2, 0.25) is 0 Å². The number of esters is 2. The normalized spacial score (nSPS) is 11.8. The molecule has 0 aliphatic carbocycles. The summed E-state index contributed by atoms with van der Waals surface area (Å²) in [7, 11) is 1.86. The third-order valence-electron chi connectivity index (χ3n) is 2.90. The molecule has 0 radical (unpaired) electrons. The SMILES string of the molecule is CCC(C)OC(=O)CC(=O)O.CNCc1sccc1C(=O)OC(C)(C)C. The third-order valence-corrected chi connectivity index (χ3v) is 3.83. The number of rotatable bonds is 7. The van der Waals surface area contributed by atoms with E-state index in [2.05, 4.69) is 5.32 Å². The molecule has 0 amide bonds. The molecule has 0 saturated heterocycles. The Morgan fingerprint density at radius 3 is 2.38 bits per heavy atom. The summed E-state index contributed by atoms with van der Waals surface area (Å²) in [6.07, 6.45) is -0.0442. The standard InChI is InChI=1S/C11H17NO2S.C7H12O4/c1-11(2,3)14-10(13)8-5-6-15-9(8)7-12-4;1-3-5(2)11-7(10)4-6(8)9/h5-6,12H,7H2,1-4H3;5H,3-4H2,1-2H3,(H,8,9). The molecule has 0 bridgehead atoms. The van der Waals surface area contributed by atoms with Crippen molar-refractivity contribution < 1.29 is 29.0 Å². The van der Waals surface area contributed by atoms with Gasteiger partial charge in [0.05, 0.1) is 11.7 Å². The van der Waals surface area contributed by atoms with E-state index in [1.807, 2.05) is 46.2 Å². The fourth-order valence-electron chi connectivity index (χ4n) is 1.63. The molecule has 0 aliphatic rings. The molecule has 0 aromatic carbocycles. The highest BCUT2D eigenvalue weighted by molar-refractivity contribution is 7.10. The summed E-state index contributed by atoms with van der Waals surface area (Å²) < 4.78 is 10.00.